The van der Waals surface area contributed by atoms with Crippen molar-refractivity contribution < 1.29 is 0 Å². The Morgan fingerprint density at radius 3 is 2.85 bits per heavy atom. The zero-order chi connectivity index (χ0) is 17.8. The van der Waals surface area contributed by atoms with Crippen LogP contribution < -0.4 is 0 Å². The summed E-state index contributed by atoms with van der Waals surface area (Å²) in [6.07, 6.45) is 5.64. The average molecular weight is 345 g/mol. The maximum absolute atomic E-state index is 4.47. The molecular weight excluding hydrogens is 318 g/mol. The summed E-state index contributed by atoms with van der Waals surface area (Å²) in [7, 11) is 2.30. The molecule has 0 N–H and O–H groups in total. The molecule has 1 saturated heterocycles. The summed E-state index contributed by atoms with van der Waals surface area (Å²) in [5.41, 5.74) is 8.41. The summed E-state index contributed by atoms with van der Waals surface area (Å²) in [5, 5.41) is 1.49. The topological polar surface area (TPSA) is 21.1 Å². The fourth-order valence-electron chi connectivity index (χ4n) is 5.15. The third-order valence-corrected chi connectivity index (χ3v) is 6.42. The molecule has 2 bridgehead atoms. The molecule has 2 atom stereocenters. The van der Waals surface area contributed by atoms with Crippen molar-refractivity contribution >= 4 is 10.9 Å². The van der Waals surface area contributed by atoms with Crippen LogP contribution in [0.1, 0.15) is 40.5 Å². The van der Waals surface area contributed by atoms with E-state index >= 15 is 0 Å². The first-order valence-corrected chi connectivity index (χ1v) is 9.83. The Labute approximate surface area is 155 Å². The van der Waals surface area contributed by atoms with Gasteiger partial charge in [0.05, 0.1) is 0 Å². The highest BCUT2D eigenvalue weighted by molar-refractivity contribution is 5.87. The molecule has 3 aromatic rings. The minimum absolute atomic E-state index is 0.607. The molecule has 0 amide bonds. The van der Waals surface area contributed by atoms with Crippen molar-refractivity contribution in [2.45, 2.75) is 45.7 Å². The summed E-state index contributed by atoms with van der Waals surface area (Å²) in [6, 6.07) is 12.0. The van der Waals surface area contributed by atoms with Crippen molar-refractivity contribution in [2.75, 3.05) is 13.6 Å². The van der Waals surface area contributed by atoms with E-state index in [1.54, 1.807) is 11.3 Å². The minimum Gasteiger partial charge on any atom is -0.344 e. The van der Waals surface area contributed by atoms with Crippen LogP contribution in [-0.4, -0.2) is 28.0 Å². The van der Waals surface area contributed by atoms with E-state index in [1.165, 1.54) is 41.4 Å². The molecule has 2 aliphatic rings. The predicted octanol–water partition coefficient (Wildman–Crippen LogP) is 4.44. The lowest BCUT2D eigenvalue weighted by molar-refractivity contribution is 0.319. The van der Waals surface area contributed by atoms with Crippen LogP contribution in [-0.2, 0) is 19.4 Å². The molecule has 0 radical (unpaired) electrons. The molecule has 2 unspecified atom stereocenters. The Morgan fingerprint density at radius 1 is 1.15 bits per heavy atom. The lowest BCUT2D eigenvalue weighted by Crippen LogP contribution is -2.18. The van der Waals surface area contributed by atoms with E-state index in [-0.39, 0.29) is 0 Å². The molecule has 2 aromatic heterocycles. The van der Waals surface area contributed by atoms with Gasteiger partial charge in [-0.25, -0.2) is 0 Å². The number of aryl methyl sites for hydroxylation is 4. The molecule has 1 fully saturated rings. The van der Waals surface area contributed by atoms with Crippen molar-refractivity contribution in [3.63, 3.8) is 0 Å². The van der Waals surface area contributed by atoms with Gasteiger partial charge in [-0.2, -0.15) is 0 Å². The predicted molar refractivity (Wildman–Crippen MR) is 107 cm³/mol. The van der Waals surface area contributed by atoms with Crippen LogP contribution in [0.25, 0.3) is 10.9 Å². The normalized spacial score (nSPS) is 22.1. The number of fused-ring (bicyclic) bond motifs is 6. The molecule has 26 heavy (non-hydrogen) atoms. The summed E-state index contributed by atoms with van der Waals surface area (Å²) in [5.74, 6) is 0.822. The van der Waals surface area contributed by atoms with Gasteiger partial charge in [-0.1, -0.05) is 17.7 Å². The third-order valence-electron chi connectivity index (χ3n) is 6.42. The molecular formula is C23H27N3. The fourth-order valence-corrected chi connectivity index (χ4v) is 5.15. The molecule has 1 aliphatic carbocycles. The van der Waals surface area contributed by atoms with Gasteiger partial charge in [-0.3, -0.25) is 9.88 Å². The SMILES string of the molecule is Cc1ccc2c(c1)c1c(n2CCc2ccc(C)nc2)CC2CC1N(C)C2. The van der Waals surface area contributed by atoms with Gasteiger partial charge in [0.2, 0.25) is 0 Å². The van der Waals surface area contributed by atoms with Gasteiger partial charge in [-0.15, -0.1) is 0 Å². The number of benzene rings is 1. The van der Waals surface area contributed by atoms with E-state index in [0.29, 0.717) is 6.04 Å². The van der Waals surface area contributed by atoms with Crippen LogP contribution >= 0.6 is 0 Å². The first-order chi connectivity index (χ1) is 12.6. The Bertz CT molecular complexity index is 967. The van der Waals surface area contributed by atoms with Gasteiger partial charge in [0.1, 0.15) is 0 Å². The van der Waals surface area contributed by atoms with E-state index in [2.05, 4.69) is 58.8 Å². The van der Waals surface area contributed by atoms with Crippen LogP contribution in [0.5, 0.6) is 0 Å². The van der Waals surface area contributed by atoms with E-state index in [0.717, 1.165) is 24.6 Å². The molecule has 134 valence electrons. The fraction of sp³-hybridized carbons (Fsp3) is 0.435. The molecule has 0 spiro atoms. The van der Waals surface area contributed by atoms with Gasteiger partial charge < -0.3 is 4.57 Å². The number of pyridine rings is 1. The maximum Gasteiger partial charge on any atom is 0.0486 e. The largest absolute Gasteiger partial charge is 0.344 e. The van der Waals surface area contributed by atoms with Gasteiger partial charge in [0.15, 0.2) is 0 Å². The molecule has 3 heterocycles. The van der Waals surface area contributed by atoms with Crippen LogP contribution in [0.4, 0.5) is 0 Å². The molecule has 5 rings (SSSR count). The second kappa shape index (κ2) is 5.95. The number of hydrogen-bond acceptors (Lipinski definition) is 2. The van der Waals surface area contributed by atoms with Gasteiger partial charge >= 0.3 is 0 Å². The Hall–Kier alpha value is -2.13. The van der Waals surface area contributed by atoms with Crippen molar-refractivity contribution in [1.29, 1.82) is 0 Å². The Balaban J connectivity index is 1.59. The zero-order valence-corrected chi connectivity index (χ0v) is 16.0. The Kier molecular flexibility index (Phi) is 3.68. The highest BCUT2D eigenvalue weighted by atomic mass is 15.2. The van der Waals surface area contributed by atoms with E-state index in [1.807, 2.05) is 13.1 Å². The van der Waals surface area contributed by atoms with Crippen LogP contribution in [0.3, 0.4) is 0 Å². The highest BCUT2D eigenvalue weighted by Crippen LogP contribution is 2.47. The third kappa shape index (κ3) is 2.49. The van der Waals surface area contributed by atoms with Crippen molar-refractivity contribution in [1.82, 2.24) is 14.5 Å². The average Bonchev–Trinajstić information content (AvgIpc) is 3.09. The van der Waals surface area contributed by atoms with Crippen molar-refractivity contribution in [3.05, 3.63) is 64.6 Å². The van der Waals surface area contributed by atoms with Crippen LogP contribution in [0.2, 0.25) is 0 Å². The van der Waals surface area contributed by atoms with E-state index in [9.17, 15) is 0 Å². The monoisotopic (exact) mass is 345 g/mol. The number of aromatic nitrogens is 2. The zero-order valence-electron chi connectivity index (χ0n) is 16.0. The summed E-state index contributed by atoms with van der Waals surface area (Å²) in [6.45, 7) is 6.55. The van der Waals surface area contributed by atoms with Crippen LogP contribution in [0.15, 0.2) is 36.5 Å². The second-order valence-electron chi connectivity index (χ2n) is 8.35. The number of nitrogens with zero attached hydrogens (tertiary/aromatic N) is 3. The van der Waals surface area contributed by atoms with Crippen molar-refractivity contribution in [2.24, 2.45) is 5.92 Å². The summed E-state index contributed by atoms with van der Waals surface area (Å²) >= 11 is 0. The lowest BCUT2D eigenvalue weighted by Gasteiger charge is -2.24. The second-order valence-corrected chi connectivity index (χ2v) is 8.35. The number of hydrogen-bond donors (Lipinski definition) is 0. The molecule has 1 aromatic carbocycles. The lowest BCUT2D eigenvalue weighted by atomic mass is 9.87. The maximum atomic E-state index is 4.47. The molecule has 3 nitrogen and oxygen atoms in total. The quantitative estimate of drug-likeness (QED) is 0.699. The minimum atomic E-state index is 0.607. The van der Waals surface area contributed by atoms with Crippen LogP contribution in [0, 0.1) is 19.8 Å². The first kappa shape index (κ1) is 16.1. The molecule has 3 heteroatoms. The van der Waals surface area contributed by atoms with Gasteiger partial charge in [-0.05, 0) is 75.4 Å². The van der Waals surface area contributed by atoms with E-state index < -0.39 is 0 Å². The molecule has 0 saturated carbocycles. The molecule has 1 aliphatic heterocycles. The highest BCUT2D eigenvalue weighted by Gasteiger charge is 2.39. The van der Waals surface area contributed by atoms with Gasteiger partial charge in [0, 0.05) is 47.6 Å². The smallest absolute Gasteiger partial charge is 0.0486 e. The standard InChI is InChI=1S/C23H27N3/c1-15-4-7-20-19(10-15)23-21-11-18(14-25(21)3)12-22(23)26(20)9-8-17-6-5-16(2)24-13-17/h4-7,10,13,18,21H,8-9,11-12,14H2,1-3H3. The summed E-state index contributed by atoms with van der Waals surface area (Å²) < 4.78 is 2.61. The first-order valence-electron chi connectivity index (χ1n) is 9.83. The number of rotatable bonds is 3. The van der Waals surface area contributed by atoms with E-state index in [4.69, 9.17) is 0 Å². The summed E-state index contributed by atoms with van der Waals surface area (Å²) in [4.78, 5) is 7.04. The Morgan fingerprint density at radius 2 is 2.04 bits per heavy atom. The van der Waals surface area contributed by atoms with Crippen molar-refractivity contribution in [3.8, 4) is 0 Å². The number of likely N-dealkylation sites (tertiary alicyclic amines) is 1. The van der Waals surface area contributed by atoms with Gasteiger partial charge in [0.25, 0.3) is 0 Å².